The average molecular weight is 1200 g/mol. The van der Waals surface area contributed by atoms with E-state index >= 15 is 0 Å². The summed E-state index contributed by atoms with van der Waals surface area (Å²) in [6.07, 6.45) is 4.70. The van der Waals surface area contributed by atoms with Gasteiger partial charge in [0.05, 0.1) is 121 Å². The highest BCUT2D eigenvalue weighted by Gasteiger charge is 2.21. The van der Waals surface area contributed by atoms with Crippen molar-refractivity contribution in [2.45, 2.75) is 64.2 Å². The molecule has 4 aromatic heterocycles. The van der Waals surface area contributed by atoms with Gasteiger partial charge < -0.3 is 66.2 Å². The van der Waals surface area contributed by atoms with E-state index in [0.29, 0.717) is 140 Å². The molecule has 88 heavy (non-hydrogen) atoms. The number of rotatable bonds is 28. The molecule has 2 aliphatic rings. The second-order valence-corrected chi connectivity index (χ2v) is 21.4. The molecule has 2 aliphatic heterocycles. The highest BCUT2D eigenvalue weighted by Crippen LogP contribution is 2.29. The molecule has 12 rings (SSSR count). The molecule has 6 aromatic carbocycles. The lowest BCUT2D eigenvalue weighted by Crippen LogP contribution is -2.25. The largest absolute Gasteiger partial charge is 0.508 e. The molecule has 6 heterocycles. The summed E-state index contributed by atoms with van der Waals surface area (Å²) in [6.45, 7) is 4.68. The van der Waals surface area contributed by atoms with E-state index in [4.69, 9.17) is 57.0 Å². The Morgan fingerprint density at radius 2 is 0.705 bits per heavy atom. The van der Waals surface area contributed by atoms with Crippen molar-refractivity contribution in [3.63, 3.8) is 0 Å². The van der Waals surface area contributed by atoms with E-state index in [1.807, 2.05) is 69.8 Å². The van der Waals surface area contributed by atoms with Crippen molar-refractivity contribution in [2.75, 3.05) is 106 Å². The normalized spacial score (nSPS) is 15.6. The van der Waals surface area contributed by atoms with Gasteiger partial charge in [0.15, 0.2) is 34.3 Å². The third-order valence-electron chi connectivity index (χ3n) is 15.9. The molecule has 0 amide bonds. The predicted molar refractivity (Wildman–Crippen MR) is 333 cm³/mol. The molecule has 0 radical (unpaired) electrons. The third-order valence-corrected chi connectivity index (χ3v) is 15.9. The van der Waals surface area contributed by atoms with Crippen LogP contribution in [0.15, 0.2) is 141 Å². The van der Waals surface area contributed by atoms with Gasteiger partial charge in [-0.1, -0.05) is 48.5 Å². The summed E-state index contributed by atoms with van der Waals surface area (Å²) in [5, 5.41) is 3.44. The van der Waals surface area contributed by atoms with Crippen LogP contribution in [0.3, 0.4) is 0 Å². The van der Waals surface area contributed by atoms with E-state index in [9.17, 15) is 24.0 Å². The van der Waals surface area contributed by atoms with Crippen LogP contribution in [0.25, 0.3) is 87.2 Å². The van der Waals surface area contributed by atoms with Gasteiger partial charge in [0, 0.05) is 58.6 Å². The molecule has 2 fully saturated rings. The molecule has 2 saturated heterocycles. The Hall–Kier alpha value is -8.25. The summed E-state index contributed by atoms with van der Waals surface area (Å²) < 4.78 is 64.2. The number of hydrogen-bond acceptors (Lipinski definition) is 17. The van der Waals surface area contributed by atoms with Crippen molar-refractivity contribution < 1.29 is 61.8 Å². The minimum Gasteiger partial charge on any atom is -0.432 e. The lowest BCUT2D eigenvalue weighted by molar-refractivity contribution is -0.169. The lowest BCUT2D eigenvalue weighted by Gasteiger charge is -2.22. The maximum atomic E-state index is 14.2. The van der Waals surface area contributed by atoms with Gasteiger partial charge in [-0.15, -0.1) is 0 Å². The molecule has 0 N–H and O–H groups in total. The first kappa shape index (κ1) is 60.1. The zero-order valence-corrected chi connectivity index (χ0v) is 48.9. The first-order valence-electron chi connectivity index (χ1n) is 30.2. The quantitative estimate of drug-likeness (QED) is 0.0255. The molecule has 10 aromatic rings. The van der Waals surface area contributed by atoms with Crippen LogP contribution < -0.4 is 31.4 Å². The van der Waals surface area contributed by atoms with Crippen LogP contribution in [0.1, 0.15) is 38.5 Å². The number of para-hydroxylation sites is 4. The number of aromatic nitrogens is 4. The van der Waals surface area contributed by atoms with Gasteiger partial charge in [-0.25, -0.2) is 4.79 Å². The fourth-order valence-corrected chi connectivity index (χ4v) is 11.7. The van der Waals surface area contributed by atoms with Crippen LogP contribution in [-0.4, -0.2) is 143 Å². The van der Waals surface area contributed by atoms with Gasteiger partial charge in [-0.2, -0.15) is 9.46 Å². The van der Waals surface area contributed by atoms with Crippen LogP contribution in [-0.2, 0) is 60.5 Å². The summed E-state index contributed by atoms with van der Waals surface area (Å²) >= 11 is 0. The van der Waals surface area contributed by atoms with Crippen LogP contribution >= 0.6 is 0 Å². The lowest BCUT2D eigenvalue weighted by atomic mass is 10.0. The van der Waals surface area contributed by atoms with Crippen molar-refractivity contribution in [2.24, 2.45) is 0 Å². The molecular weight excluding hydrogens is 1130 g/mol. The maximum absolute atomic E-state index is 14.2. The minimum atomic E-state index is -0.893. The Morgan fingerprint density at radius 3 is 1.11 bits per heavy atom. The number of fused-ring (bicyclic) bond motifs is 8. The number of hydrogen-bond donors (Lipinski definition) is 0. The summed E-state index contributed by atoms with van der Waals surface area (Å²) in [4.78, 5) is 82.2. The molecule has 2 unspecified atom stereocenters. The molecular formula is C67H70N4O17. The molecule has 21 heteroatoms. The Balaban J connectivity index is 0.646. The second kappa shape index (κ2) is 28.7. The van der Waals surface area contributed by atoms with Crippen LogP contribution in [0.4, 0.5) is 4.79 Å². The molecule has 21 nitrogen and oxygen atoms in total. The maximum Gasteiger partial charge on any atom is 0.508 e. The van der Waals surface area contributed by atoms with Gasteiger partial charge in [0.2, 0.25) is 0 Å². The van der Waals surface area contributed by atoms with Crippen molar-refractivity contribution in [3.05, 3.63) is 162 Å². The van der Waals surface area contributed by atoms with E-state index in [-0.39, 0.29) is 100 Å². The Labute approximate surface area is 504 Å². The molecule has 0 bridgehead atoms. The van der Waals surface area contributed by atoms with E-state index in [1.54, 1.807) is 70.1 Å². The molecule has 460 valence electrons. The molecule has 0 aliphatic carbocycles. The van der Waals surface area contributed by atoms with Crippen molar-refractivity contribution in [1.29, 1.82) is 0 Å². The van der Waals surface area contributed by atoms with Crippen molar-refractivity contribution in [1.82, 2.24) is 18.6 Å². The number of carbonyl (C=O) groups excluding carboxylic acids is 1. The van der Waals surface area contributed by atoms with Crippen molar-refractivity contribution >= 4 is 93.4 Å². The predicted octanol–water partition coefficient (Wildman–Crippen LogP) is 8.42. The van der Waals surface area contributed by atoms with Crippen molar-refractivity contribution in [3.8, 4) is 0 Å². The zero-order chi connectivity index (χ0) is 60.2. The van der Waals surface area contributed by atoms with E-state index < -0.39 is 6.16 Å². The average Bonchev–Trinajstić information content (AvgIpc) is 0.920. The van der Waals surface area contributed by atoms with E-state index in [1.165, 1.54) is 0 Å². The number of carbonyl (C=O) groups is 1. The third kappa shape index (κ3) is 13.3. The topological polar surface area (TPSA) is 216 Å². The summed E-state index contributed by atoms with van der Waals surface area (Å²) in [7, 11) is 0. The zero-order valence-electron chi connectivity index (χ0n) is 48.9. The van der Waals surface area contributed by atoms with Gasteiger partial charge in [-0.3, -0.25) is 19.2 Å². The highest BCUT2D eigenvalue weighted by atomic mass is 16.7. The van der Waals surface area contributed by atoms with Crippen LogP contribution in [0.5, 0.6) is 0 Å². The summed E-state index contributed by atoms with van der Waals surface area (Å²) in [6, 6.07) is 35.9. The standard InChI is InChI=1S/C67H70N4O17/c72-63-45-13-1-5-17-53(45)68(57-41-51-59(43-49(57)63)70(55-19-7-3-15-47(55)65(51)74)87-39-33-79-29-35-83-61-21-9-11-25-81-61)23-27-77-31-37-85-67(76)86-38-32-78-28-24-69-54-18-6-2-14-46(54)64(73)50-44-60-52(42-58(50)69)66(75)48-16-4-8-20-56(48)71(60)88-40-34-80-30-36-84-62-22-10-12-26-82-62/h1-8,13-20,41-44,61-62H,9-12,21-40H2. The molecule has 0 saturated carbocycles. The summed E-state index contributed by atoms with van der Waals surface area (Å²) in [5.74, 6) is 0. The molecule has 2 atom stereocenters. The van der Waals surface area contributed by atoms with Crippen LogP contribution in [0.2, 0.25) is 0 Å². The van der Waals surface area contributed by atoms with E-state index in [2.05, 4.69) is 0 Å². The number of nitrogens with zero attached hydrogens (tertiary/aromatic N) is 4. The highest BCUT2D eigenvalue weighted by molar-refractivity contribution is 6.05. The van der Waals surface area contributed by atoms with Gasteiger partial charge in [0.1, 0.15) is 26.4 Å². The van der Waals surface area contributed by atoms with Gasteiger partial charge in [-0.05, 0) is 111 Å². The Bertz CT molecular complexity index is 4100. The minimum absolute atomic E-state index is 0.0557. The number of pyridine rings is 4. The van der Waals surface area contributed by atoms with E-state index in [0.717, 1.165) is 38.5 Å². The SMILES string of the molecule is O=C(OCCOCCn1c2ccccc2c(=O)c2cc3c(cc21)c(=O)c1ccccc1n3OCCOCCOC1CCCCO1)OCCOCCn1c2ccccc2c(=O)c2cc3c(cc21)c(=O)c1ccccc1n3OCCOCCOC1CCCCO1. The fourth-order valence-electron chi connectivity index (χ4n) is 11.7. The van der Waals surface area contributed by atoms with Gasteiger partial charge in [0.25, 0.3) is 0 Å². The monoisotopic (exact) mass is 1200 g/mol. The van der Waals surface area contributed by atoms with Gasteiger partial charge >= 0.3 is 6.16 Å². The number of benzene rings is 6. The smallest absolute Gasteiger partial charge is 0.432 e. The summed E-state index contributed by atoms with van der Waals surface area (Å²) in [5.41, 5.74) is 3.63. The fraction of sp³-hybridized carbons (Fsp3) is 0.388. The Kier molecular flexibility index (Phi) is 19.6. The number of ether oxygens (including phenoxy) is 10. The first-order valence-corrected chi connectivity index (χ1v) is 30.2. The second-order valence-electron chi connectivity index (χ2n) is 21.4. The van der Waals surface area contributed by atoms with Crippen LogP contribution in [0, 0.1) is 0 Å². The Morgan fingerprint density at radius 1 is 0.364 bits per heavy atom. The molecule has 0 spiro atoms. The first-order chi connectivity index (χ1) is 43.3.